The smallest absolute Gasteiger partial charge is 0.250 e. The Morgan fingerprint density at radius 1 is 1.62 bits per heavy atom. The van der Waals surface area contributed by atoms with Gasteiger partial charge in [0.15, 0.2) is 0 Å². The number of nitrogens with one attached hydrogen (secondary N) is 1. The largest absolute Gasteiger partial charge is 0.386 e. The molecule has 90 valence electrons. The van der Waals surface area contributed by atoms with Crippen molar-refractivity contribution in [3.8, 4) is 0 Å². The van der Waals surface area contributed by atoms with Crippen molar-refractivity contribution < 1.29 is 18.3 Å². The van der Waals surface area contributed by atoms with Crippen LogP contribution in [0, 0.1) is 0 Å². The maximum atomic E-state index is 11.7. The Balaban J connectivity index is 2.00. The minimum Gasteiger partial charge on any atom is -0.386 e. The molecular weight excluding hydrogens is 250 g/mol. The molecule has 16 heavy (non-hydrogen) atoms. The van der Waals surface area contributed by atoms with Crippen LogP contribution >= 0.6 is 11.3 Å². The van der Waals surface area contributed by atoms with Crippen LogP contribution in [0.3, 0.4) is 0 Å². The van der Waals surface area contributed by atoms with Crippen LogP contribution in [0.1, 0.15) is 6.42 Å². The molecule has 1 atom stereocenters. The third kappa shape index (κ3) is 2.61. The lowest BCUT2D eigenvalue weighted by atomic mass is 10.1. The molecule has 2 heterocycles. The van der Waals surface area contributed by atoms with Gasteiger partial charge in [0.1, 0.15) is 9.81 Å². The third-order valence-corrected chi connectivity index (χ3v) is 5.23. The maximum absolute atomic E-state index is 11.7. The molecule has 0 aliphatic carbocycles. The first-order valence-corrected chi connectivity index (χ1v) is 7.21. The van der Waals surface area contributed by atoms with E-state index in [4.69, 9.17) is 4.74 Å². The van der Waals surface area contributed by atoms with E-state index in [2.05, 4.69) is 4.72 Å². The molecule has 5 nitrogen and oxygen atoms in total. The molecule has 1 aromatic rings. The van der Waals surface area contributed by atoms with E-state index >= 15 is 0 Å². The van der Waals surface area contributed by atoms with Crippen molar-refractivity contribution in [3.05, 3.63) is 17.5 Å². The van der Waals surface area contributed by atoms with Gasteiger partial charge in [-0.15, -0.1) is 11.3 Å². The normalized spacial score (nSPS) is 26.1. The van der Waals surface area contributed by atoms with Gasteiger partial charge in [-0.3, -0.25) is 0 Å². The monoisotopic (exact) mass is 263 g/mol. The summed E-state index contributed by atoms with van der Waals surface area (Å²) >= 11 is 1.15. The zero-order chi connectivity index (χ0) is 11.6. The van der Waals surface area contributed by atoms with Crippen LogP contribution in [0.25, 0.3) is 0 Å². The van der Waals surface area contributed by atoms with Gasteiger partial charge in [-0.1, -0.05) is 6.07 Å². The Hall–Kier alpha value is -0.470. The number of rotatable bonds is 4. The van der Waals surface area contributed by atoms with Crippen molar-refractivity contribution in [1.82, 2.24) is 4.72 Å². The average molecular weight is 263 g/mol. The molecule has 7 heteroatoms. The molecule has 1 aliphatic heterocycles. The molecule has 0 radical (unpaired) electrons. The molecular formula is C9H13NO4S2. The molecule has 1 aliphatic rings. The van der Waals surface area contributed by atoms with Gasteiger partial charge in [0.2, 0.25) is 10.0 Å². The third-order valence-electron chi connectivity index (χ3n) is 2.43. The number of ether oxygens (including phenoxy) is 1. The quantitative estimate of drug-likeness (QED) is 0.812. The number of aliphatic hydroxyl groups is 1. The summed E-state index contributed by atoms with van der Waals surface area (Å²) in [6, 6.07) is 3.20. The molecule has 0 aromatic carbocycles. The minimum atomic E-state index is -3.49. The Morgan fingerprint density at radius 3 is 3.00 bits per heavy atom. The second-order valence-corrected chi connectivity index (χ2v) is 6.73. The van der Waals surface area contributed by atoms with Gasteiger partial charge in [0.05, 0.1) is 6.61 Å². The summed E-state index contributed by atoms with van der Waals surface area (Å²) in [7, 11) is -3.49. The molecule has 2 N–H and O–H groups in total. The van der Waals surface area contributed by atoms with E-state index in [0.29, 0.717) is 13.0 Å². The zero-order valence-corrected chi connectivity index (χ0v) is 10.2. The van der Waals surface area contributed by atoms with Crippen molar-refractivity contribution in [3.63, 3.8) is 0 Å². The first kappa shape index (κ1) is 12.0. The standard InChI is InChI=1S/C9H13NO4S2/c11-9(3-4-14-7-9)6-10-16(12,13)8-2-1-5-15-8/h1-2,5,10-11H,3-4,6-7H2. The first-order chi connectivity index (χ1) is 7.52. The van der Waals surface area contributed by atoms with Crippen molar-refractivity contribution >= 4 is 21.4 Å². The Kier molecular flexibility index (Phi) is 3.32. The number of thiophene rings is 1. The van der Waals surface area contributed by atoms with Gasteiger partial charge in [-0.25, -0.2) is 13.1 Å². The van der Waals surface area contributed by atoms with Crippen LogP contribution in [0.15, 0.2) is 21.7 Å². The van der Waals surface area contributed by atoms with Crippen molar-refractivity contribution in [2.24, 2.45) is 0 Å². The van der Waals surface area contributed by atoms with Crippen LogP contribution in [0.2, 0.25) is 0 Å². The Labute approximate surface area is 98.1 Å². The highest BCUT2D eigenvalue weighted by molar-refractivity contribution is 7.91. The van der Waals surface area contributed by atoms with Gasteiger partial charge in [0.25, 0.3) is 0 Å². The van der Waals surface area contributed by atoms with Crippen LogP contribution < -0.4 is 4.72 Å². The lowest BCUT2D eigenvalue weighted by Gasteiger charge is -2.20. The average Bonchev–Trinajstić information content (AvgIpc) is 2.86. The Morgan fingerprint density at radius 2 is 2.44 bits per heavy atom. The summed E-state index contributed by atoms with van der Waals surface area (Å²) in [5.41, 5.74) is -1.07. The summed E-state index contributed by atoms with van der Waals surface area (Å²) in [5.74, 6) is 0. The summed E-state index contributed by atoms with van der Waals surface area (Å²) in [6.45, 7) is 0.643. The molecule has 0 amide bonds. The topological polar surface area (TPSA) is 75.6 Å². The van der Waals surface area contributed by atoms with Crippen LogP contribution in [-0.4, -0.2) is 38.9 Å². The van der Waals surface area contributed by atoms with Gasteiger partial charge in [-0.05, 0) is 11.4 Å². The molecule has 1 saturated heterocycles. The number of hydrogen-bond donors (Lipinski definition) is 2. The summed E-state index contributed by atoms with van der Waals surface area (Å²) in [6.07, 6.45) is 0.458. The van der Waals surface area contributed by atoms with Gasteiger partial charge in [0, 0.05) is 19.6 Å². The second kappa shape index (κ2) is 4.42. The minimum absolute atomic E-state index is 0.00671. The molecule has 1 unspecified atom stereocenters. The van der Waals surface area contributed by atoms with Crippen LogP contribution in [0.5, 0.6) is 0 Å². The highest BCUT2D eigenvalue weighted by atomic mass is 32.2. The molecule has 0 spiro atoms. The van der Waals surface area contributed by atoms with E-state index in [9.17, 15) is 13.5 Å². The highest BCUT2D eigenvalue weighted by Crippen LogP contribution is 2.19. The van der Waals surface area contributed by atoms with Crippen LogP contribution in [0.4, 0.5) is 0 Å². The van der Waals surface area contributed by atoms with Gasteiger partial charge < -0.3 is 9.84 Å². The molecule has 1 fully saturated rings. The van der Waals surface area contributed by atoms with E-state index < -0.39 is 15.6 Å². The van der Waals surface area contributed by atoms with Gasteiger partial charge in [-0.2, -0.15) is 0 Å². The van der Waals surface area contributed by atoms with Crippen molar-refractivity contribution in [2.75, 3.05) is 19.8 Å². The summed E-state index contributed by atoms with van der Waals surface area (Å²) < 4.78 is 31.2. The van der Waals surface area contributed by atoms with Crippen molar-refractivity contribution in [1.29, 1.82) is 0 Å². The second-order valence-electron chi connectivity index (χ2n) is 3.78. The molecule has 0 saturated carbocycles. The summed E-state index contributed by atoms with van der Waals surface area (Å²) in [5, 5.41) is 11.6. The van der Waals surface area contributed by atoms with E-state index in [1.165, 1.54) is 6.07 Å². The fourth-order valence-corrected chi connectivity index (χ4v) is 3.61. The molecule has 1 aromatic heterocycles. The highest BCUT2D eigenvalue weighted by Gasteiger charge is 2.33. The molecule has 2 rings (SSSR count). The molecule has 0 bridgehead atoms. The predicted octanol–water partition coefficient (Wildman–Crippen LogP) is 0.178. The SMILES string of the molecule is O=S(=O)(NCC1(O)CCOC1)c1cccs1. The van der Waals surface area contributed by atoms with E-state index in [-0.39, 0.29) is 17.4 Å². The number of sulfonamides is 1. The lowest BCUT2D eigenvalue weighted by molar-refractivity contribution is 0.0315. The Bertz CT molecular complexity index is 434. The lowest BCUT2D eigenvalue weighted by Crippen LogP contribution is -2.43. The summed E-state index contributed by atoms with van der Waals surface area (Å²) in [4.78, 5) is 0. The predicted molar refractivity (Wildman–Crippen MR) is 59.9 cm³/mol. The van der Waals surface area contributed by atoms with E-state index in [1.54, 1.807) is 11.4 Å². The van der Waals surface area contributed by atoms with Gasteiger partial charge >= 0.3 is 0 Å². The van der Waals surface area contributed by atoms with Crippen molar-refractivity contribution in [2.45, 2.75) is 16.2 Å². The fraction of sp³-hybridized carbons (Fsp3) is 0.556. The zero-order valence-electron chi connectivity index (χ0n) is 8.55. The number of hydrogen-bond acceptors (Lipinski definition) is 5. The van der Waals surface area contributed by atoms with Crippen LogP contribution in [-0.2, 0) is 14.8 Å². The maximum Gasteiger partial charge on any atom is 0.250 e. The first-order valence-electron chi connectivity index (χ1n) is 4.85. The van der Waals surface area contributed by atoms with E-state index in [0.717, 1.165) is 11.3 Å². The fourth-order valence-electron chi connectivity index (χ4n) is 1.45. The van der Waals surface area contributed by atoms with E-state index in [1.807, 2.05) is 0 Å².